The van der Waals surface area contributed by atoms with Crippen LogP contribution in [-0.4, -0.2) is 78.4 Å². The van der Waals surface area contributed by atoms with E-state index in [0.717, 1.165) is 24.2 Å². The van der Waals surface area contributed by atoms with Gasteiger partial charge < -0.3 is 19.7 Å². The molecule has 2 aromatic rings. The van der Waals surface area contributed by atoms with Crippen LogP contribution in [0.25, 0.3) is 11.3 Å². The average molecular weight is 541 g/mol. The second kappa shape index (κ2) is 13.1. The molecule has 0 spiro atoms. The summed E-state index contributed by atoms with van der Waals surface area (Å²) < 4.78 is 14.1. The Bertz CT molecular complexity index is 799. The summed E-state index contributed by atoms with van der Waals surface area (Å²) >= 11 is 2.28. The van der Waals surface area contributed by atoms with Crippen LogP contribution in [0.1, 0.15) is 25.7 Å². The van der Waals surface area contributed by atoms with E-state index in [1.54, 1.807) is 4.68 Å². The molecule has 1 aliphatic heterocycles. The minimum atomic E-state index is 0.0525. The fourth-order valence-electron chi connectivity index (χ4n) is 3.62. The van der Waals surface area contributed by atoms with Gasteiger partial charge in [0.2, 0.25) is 5.91 Å². The van der Waals surface area contributed by atoms with Crippen LogP contribution in [0.5, 0.6) is 0 Å². The molecule has 1 aliphatic rings. The van der Waals surface area contributed by atoms with E-state index in [2.05, 4.69) is 62.3 Å². The molecule has 1 unspecified atom stereocenters. The van der Waals surface area contributed by atoms with Crippen LogP contribution in [0.15, 0.2) is 30.5 Å². The standard InChI is InChI=1S/C22H32IN5O3/c1-27-11-2-3-20(27)8-10-24-22(29)9-13-30-15-16-31-14-12-28-17-21(25-26-28)18-4-6-19(23)7-5-18/h4-7,17,20H,2-3,8-16H2,1H3,(H,24,29). The molecule has 1 fully saturated rings. The summed E-state index contributed by atoms with van der Waals surface area (Å²) in [4.78, 5) is 14.2. The average Bonchev–Trinajstić information content (AvgIpc) is 3.40. The fraction of sp³-hybridized carbons (Fsp3) is 0.591. The van der Waals surface area contributed by atoms with Crippen molar-refractivity contribution in [1.29, 1.82) is 0 Å². The van der Waals surface area contributed by atoms with Crippen LogP contribution in [0.3, 0.4) is 0 Å². The number of hydrogen-bond acceptors (Lipinski definition) is 6. The van der Waals surface area contributed by atoms with Crippen molar-refractivity contribution < 1.29 is 14.3 Å². The zero-order valence-corrected chi connectivity index (χ0v) is 20.3. The quantitative estimate of drug-likeness (QED) is 0.310. The van der Waals surface area contributed by atoms with E-state index in [0.29, 0.717) is 45.4 Å². The summed E-state index contributed by atoms with van der Waals surface area (Å²) in [6, 6.07) is 8.80. The van der Waals surface area contributed by atoms with E-state index in [4.69, 9.17) is 9.47 Å². The summed E-state index contributed by atoms with van der Waals surface area (Å²) in [6.07, 6.45) is 5.83. The normalized spacial score (nSPS) is 16.6. The SMILES string of the molecule is CN1CCCC1CCNC(=O)CCOCCOCCn1cc(-c2ccc(I)cc2)nn1. The van der Waals surface area contributed by atoms with Crippen LogP contribution in [0.4, 0.5) is 0 Å². The Kier molecular flexibility index (Phi) is 10.2. The van der Waals surface area contributed by atoms with Gasteiger partial charge in [-0.1, -0.05) is 17.3 Å². The monoisotopic (exact) mass is 541 g/mol. The van der Waals surface area contributed by atoms with Gasteiger partial charge in [-0.05, 0) is 67.6 Å². The maximum absolute atomic E-state index is 11.9. The number of aromatic nitrogens is 3. The van der Waals surface area contributed by atoms with E-state index in [1.165, 1.54) is 23.0 Å². The lowest BCUT2D eigenvalue weighted by Gasteiger charge is -2.19. The van der Waals surface area contributed by atoms with Gasteiger partial charge in [0.05, 0.1) is 39.2 Å². The van der Waals surface area contributed by atoms with Crippen LogP contribution in [-0.2, 0) is 20.8 Å². The molecular weight excluding hydrogens is 509 g/mol. The number of nitrogens with one attached hydrogen (secondary N) is 1. The van der Waals surface area contributed by atoms with Crippen molar-refractivity contribution in [2.45, 2.75) is 38.3 Å². The zero-order chi connectivity index (χ0) is 21.9. The van der Waals surface area contributed by atoms with Gasteiger partial charge in [-0.2, -0.15) is 0 Å². The Hall–Kier alpha value is -1.56. The molecule has 1 saturated heterocycles. The molecule has 170 valence electrons. The lowest BCUT2D eigenvalue weighted by molar-refractivity contribution is -0.122. The van der Waals surface area contributed by atoms with Crippen molar-refractivity contribution in [2.75, 3.05) is 46.6 Å². The molecule has 1 aromatic heterocycles. The first-order valence-corrected chi connectivity index (χ1v) is 12.0. The van der Waals surface area contributed by atoms with Crippen molar-refractivity contribution in [3.05, 3.63) is 34.0 Å². The van der Waals surface area contributed by atoms with Gasteiger partial charge in [0.25, 0.3) is 0 Å². The van der Waals surface area contributed by atoms with Crippen molar-refractivity contribution in [3.8, 4) is 11.3 Å². The van der Waals surface area contributed by atoms with E-state index < -0.39 is 0 Å². The molecule has 1 amide bonds. The summed E-state index contributed by atoms with van der Waals surface area (Å²) in [7, 11) is 2.16. The summed E-state index contributed by atoms with van der Waals surface area (Å²) in [5, 5.41) is 11.3. The number of ether oxygens (including phenoxy) is 2. The topological polar surface area (TPSA) is 81.5 Å². The van der Waals surface area contributed by atoms with E-state index in [1.807, 2.05) is 18.3 Å². The van der Waals surface area contributed by atoms with Crippen LogP contribution >= 0.6 is 22.6 Å². The second-order valence-electron chi connectivity index (χ2n) is 7.76. The first kappa shape index (κ1) is 24.1. The van der Waals surface area contributed by atoms with Crippen LogP contribution in [0, 0.1) is 3.57 Å². The van der Waals surface area contributed by atoms with Crippen molar-refractivity contribution in [2.24, 2.45) is 0 Å². The minimum absolute atomic E-state index is 0.0525. The third-order valence-corrected chi connectivity index (χ3v) is 6.18. The third-order valence-electron chi connectivity index (χ3n) is 5.46. The minimum Gasteiger partial charge on any atom is -0.379 e. The van der Waals surface area contributed by atoms with Crippen molar-refractivity contribution in [3.63, 3.8) is 0 Å². The molecule has 1 atom stereocenters. The maximum atomic E-state index is 11.9. The third kappa shape index (κ3) is 8.47. The van der Waals surface area contributed by atoms with Gasteiger partial charge >= 0.3 is 0 Å². The molecule has 9 heteroatoms. The number of benzene rings is 1. The Morgan fingerprint density at radius 2 is 1.97 bits per heavy atom. The predicted octanol–water partition coefficient (Wildman–Crippen LogP) is 2.57. The van der Waals surface area contributed by atoms with Crippen LogP contribution in [0.2, 0.25) is 0 Å². The van der Waals surface area contributed by atoms with Gasteiger partial charge in [0, 0.05) is 28.1 Å². The molecule has 2 heterocycles. The maximum Gasteiger partial charge on any atom is 0.222 e. The first-order chi connectivity index (χ1) is 15.1. The number of carbonyl (C=O) groups excluding carboxylic acids is 1. The molecule has 0 radical (unpaired) electrons. The first-order valence-electron chi connectivity index (χ1n) is 10.9. The summed E-state index contributed by atoms with van der Waals surface area (Å²) in [5.74, 6) is 0.0525. The van der Waals surface area contributed by atoms with E-state index >= 15 is 0 Å². The number of likely N-dealkylation sites (tertiary alicyclic amines) is 1. The highest BCUT2D eigenvalue weighted by Crippen LogP contribution is 2.18. The van der Waals surface area contributed by atoms with Gasteiger partial charge in [-0.15, -0.1) is 5.10 Å². The Morgan fingerprint density at radius 3 is 2.71 bits per heavy atom. The molecule has 0 bridgehead atoms. The van der Waals surface area contributed by atoms with Gasteiger partial charge in [-0.3, -0.25) is 4.79 Å². The zero-order valence-electron chi connectivity index (χ0n) is 18.1. The molecular formula is C22H32IN5O3. The number of amides is 1. The molecule has 8 nitrogen and oxygen atoms in total. The Labute approximate surface area is 197 Å². The number of halogens is 1. The highest BCUT2D eigenvalue weighted by atomic mass is 127. The molecule has 0 saturated carbocycles. The van der Waals surface area contributed by atoms with Gasteiger partial charge in [0.1, 0.15) is 5.69 Å². The molecule has 0 aliphatic carbocycles. The smallest absolute Gasteiger partial charge is 0.222 e. The van der Waals surface area contributed by atoms with Crippen LogP contribution < -0.4 is 5.32 Å². The number of rotatable bonds is 13. The lowest BCUT2D eigenvalue weighted by atomic mass is 10.1. The van der Waals surface area contributed by atoms with Crippen molar-refractivity contribution >= 4 is 28.5 Å². The highest BCUT2D eigenvalue weighted by molar-refractivity contribution is 14.1. The van der Waals surface area contributed by atoms with Crippen molar-refractivity contribution in [1.82, 2.24) is 25.2 Å². The Morgan fingerprint density at radius 1 is 1.19 bits per heavy atom. The molecule has 1 aromatic carbocycles. The highest BCUT2D eigenvalue weighted by Gasteiger charge is 2.20. The lowest BCUT2D eigenvalue weighted by Crippen LogP contribution is -2.32. The Balaban J connectivity index is 1.17. The number of carbonyl (C=O) groups is 1. The fourth-order valence-corrected chi connectivity index (χ4v) is 3.98. The predicted molar refractivity (Wildman–Crippen MR) is 128 cm³/mol. The largest absolute Gasteiger partial charge is 0.379 e. The summed E-state index contributed by atoms with van der Waals surface area (Å²) in [6.45, 7) is 4.47. The molecule has 31 heavy (non-hydrogen) atoms. The van der Waals surface area contributed by atoms with Gasteiger partial charge in [-0.25, -0.2) is 4.68 Å². The van der Waals surface area contributed by atoms with E-state index in [9.17, 15) is 4.79 Å². The molecule has 1 N–H and O–H groups in total. The number of nitrogens with zero attached hydrogens (tertiary/aromatic N) is 4. The van der Waals surface area contributed by atoms with E-state index in [-0.39, 0.29) is 5.91 Å². The second-order valence-corrected chi connectivity index (χ2v) is 9.01. The van der Waals surface area contributed by atoms with Gasteiger partial charge in [0.15, 0.2) is 0 Å². The number of hydrogen-bond donors (Lipinski definition) is 1. The molecule has 3 rings (SSSR count). The summed E-state index contributed by atoms with van der Waals surface area (Å²) in [5.41, 5.74) is 1.91.